The Morgan fingerprint density at radius 1 is 1.12 bits per heavy atom. The van der Waals surface area contributed by atoms with Crippen molar-refractivity contribution in [3.8, 4) is 0 Å². The quantitative estimate of drug-likeness (QED) is 0.353. The van der Waals surface area contributed by atoms with Gasteiger partial charge in [-0.3, -0.25) is 0 Å². The van der Waals surface area contributed by atoms with Crippen LogP contribution in [-0.4, -0.2) is 56.9 Å². The fourth-order valence-corrected chi connectivity index (χ4v) is 2.51. The molecule has 7 heteroatoms. The van der Waals surface area contributed by atoms with E-state index in [-0.39, 0.29) is 38.5 Å². The summed E-state index contributed by atoms with van der Waals surface area (Å²) >= 11 is 0. The van der Waals surface area contributed by atoms with E-state index in [1.807, 2.05) is 30.3 Å². The number of aliphatic hydroxyl groups is 4. The maximum Gasteiger partial charge on any atom is 0.0976 e. The zero-order valence-corrected chi connectivity index (χ0v) is 15.2. The van der Waals surface area contributed by atoms with Gasteiger partial charge in [-0.2, -0.15) is 0 Å². The topological polar surface area (TPSA) is 119 Å². The molecule has 1 aromatic carbocycles. The Morgan fingerprint density at radius 3 is 2.21 bits per heavy atom. The summed E-state index contributed by atoms with van der Waals surface area (Å²) in [4.78, 5) is 0. The lowest BCUT2D eigenvalue weighted by atomic mass is 9.83. The van der Waals surface area contributed by atoms with Crippen LogP contribution >= 0.6 is 12.4 Å². The number of nitrogens with one attached hydrogen (secondary N) is 1. The fraction of sp³-hybridized carbons (Fsp3) is 0.647. The molecule has 0 aliphatic carbocycles. The molecule has 1 aromatic rings. The molecule has 6 nitrogen and oxygen atoms in total. The van der Waals surface area contributed by atoms with Crippen LogP contribution in [0.15, 0.2) is 30.3 Å². The molecule has 4 atom stereocenters. The van der Waals surface area contributed by atoms with Crippen LogP contribution in [0, 0.1) is 0 Å². The highest BCUT2D eigenvalue weighted by atomic mass is 35.5. The van der Waals surface area contributed by atoms with Crippen LogP contribution < -0.4 is 11.1 Å². The van der Waals surface area contributed by atoms with E-state index in [1.54, 1.807) is 13.8 Å². The molecule has 1 rings (SSSR count). The van der Waals surface area contributed by atoms with Gasteiger partial charge in [0, 0.05) is 24.2 Å². The van der Waals surface area contributed by atoms with E-state index >= 15 is 0 Å². The molecule has 0 saturated carbocycles. The lowest BCUT2D eigenvalue weighted by Crippen LogP contribution is -2.57. The van der Waals surface area contributed by atoms with Crippen LogP contribution in [0.2, 0.25) is 0 Å². The summed E-state index contributed by atoms with van der Waals surface area (Å²) in [6.07, 6.45) is -2.00. The first-order chi connectivity index (χ1) is 10.7. The van der Waals surface area contributed by atoms with Gasteiger partial charge in [0.25, 0.3) is 0 Å². The summed E-state index contributed by atoms with van der Waals surface area (Å²) in [5.41, 5.74) is 5.15. The first-order valence-corrected chi connectivity index (χ1v) is 7.90. The number of halogens is 1. The normalized spacial score (nSPS) is 18.8. The molecule has 7 N–H and O–H groups in total. The zero-order chi connectivity index (χ0) is 17.5. The largest absolute Gasteiger partial charge is 0.396 e. The van der Waals surface area contributed by atoms with Crippen LogP contribution in [0.25, 0.3) is 0 Å². The summed E-state index contributed by atoms with van der Waals surface area (Å²) in [6, 6.07) is 9.72. The SMILES string of the molecule is CC(CO)(CC(O)C(O)C(C)(N)CCO)NCc1ccccc1.Cl. The van der Waals surface area contributed by atoms with Gasteiger partial charge in [-0.05, 0) is 32.3 Å². The smallest absolute Gasteiger partial charge is 0.0976 e. The molecule has 140 valence electrons. The average Bonchev–Trinajstić information content (AvgIpc) is 2.53. The number of rotatable bonds is 10. The standard InChI is InChI=1S/C17H30N2O4.ClH/c1-16(12-21,19-11-13-6-4-3-5-7-13)10-14(22)15(23)17(2,18)8-9-20;/h3-7,14-15,19-23H,8-12,18H2,1-2H3;1H. The third kappa shape index (κ3) is 7.03. The second kappa shape index (κ2) is 10.3. The van der Waals surface area contributed by atoms with Crippen molar-refractivity contribution in [3.05, 3.63) is 35.9 Å². The number of hydrogen-bond donors (Lipinski definition) is 6. The van der Waals surface area contributed by atoms with E-state index in [0.29, 0.717) is 6.54 Å². The van der Waals surface area contributed by atoms with Crippen molar-refractivity contribution in [1.82, 2.24) is 5.32 Å². The highest BCUT2D eigenvalue weighted by molar-refractivity contribution is 5.85. The molecular weight excluding hydrogens is 332 g/mol. The summed E-state index contributed by atoms with van der Waals surface area (Å²) in [5, 5.41) is 42.4. The van der Waals surface area contributed by atoms with E-state index in [4.69, 9.17) is 10.8 Å². The van der Waals surface area contributed by atoms with Crippen molar-refractivity contribution in [2.45, 2.75) is 56.5 Å². The van der Waals surface area contributed by atoms with Gasteiger partial charge in [0.05, 0.1) is 18.8 Å². The summed E-state index contributed by atoms with van der Waals surface area (Å²) in [5.74, 6) is 0. The fourth-order valence-electron chi connectivity index (χ4n) is 2.51. The predicted octanol–water partition coefficient (Wildman–Crippen LogP) is 0.161. The van der Waals surface area contributed by atoms with Crippen molar-refractivity contribution in [2.24, 2.45) is 5.73 Å². The van der Waals surface area contributed by atoms with Gasteiger partial charge in [0.2, 0.25) is 0 Å². The van der Waals surface area contributed by atoms with E-state index in [2.05, 4.69) is 5.32 Å². The van der Waals surface area contributed by atoms with Gasteiger partial charge in [-0.1, -0.05) is 30.3 Å². The summed E-state index contributed by atoms with van der Waals surface area (Å²) in [7, 11) is 0. The second-order valence-corrected chi connectivity index (χ2v) is 6.75. The lowest BCUT2D eigenvalue weighted by molar-refractivity contribution is -0.0489. The molecular formula is C17H31ClN2O4. The predicted molar refractivity (Wildman–Crippen MR) is 96.9 cm³/mol. The molecule has 4 unspecified atom stereocenters. The van der Waals surface area contributed by atoms with Crippen LogP contribution in [0.1, 0.15) is 32.3 Å². The molecule has 0 aliphatic rings. The highest BCUT2D eigenvalue weighted by Crippen LogP contribution is 2.21. The van der Waals surface area contributed by atoms with Crippen LogP contribution in [0.4, 0.5) is 0 Å². The second-order valence-electron chi connectivity index (χ2n) is 6.75. The van der Waals surface area contributed by atoms with Gasteiger partial charge in [-0.25, -0.2) is 0 Å². The average molecular weight is 363 g/mol. The van der Waals surface area contributed by atoms with Crippen molar-refractivity contribution in [3.63, 3.8) is 0 Å². The maximum atomic E-state index is 10.3. The van der Waals surface area contributed by atoms with Crippen LogP contribution in [-0.2, 0) is 6.54 Å². The van der Waals surface area contributed by atoms with E-state index in [0.717, 1.165) is 5.56 Å². The Bertz CT molecular complexity index is 461. The summed E-state index contributed by atoms with van der Waals surface area (Å²) in [6.45, 7) is 3.55. The monoisotopic (exact) mass is 362 g/mol. The zero-order valence-electron chi connectivity index (χ0n) is 14.4. The Morgan fingerprint density at radius 2 is 1.71 bits per heavy atom. The molecule has 0 saturated heterocycles. The molecule has 0 aromatic heterocycles. The Hall–Kier alpha value is -0.730. The van der Waals surface area contributed by atoms with Crippen LogP contribution in [0.5, 0.6) is 0 Å². The number of aliphatic hydroxyl groups excluding tert-OH is 4. The van der Waals surface area contributed by atoms with Gasteiger partial charge >= 0.3 is 0 Å². The molecule has 0 spiro atoms. The van der Waals surface area contributed by atoms with Gasteiger partial charge in [0.1, 0.15) is 0 Å². The van der Waals surface area contributed by atoms with Gasteiger partial charge < -0.3 is 31.5 Å². The Labute approximate surface area is 150 Å². The van der Waals surface area contributed by atoms with Crippen molar-refractivity contribution in [2.75, 3.05) is 13.2 Å². The molecule has 0 bridgehead atoms. The van der Waals surface area contributed by atoms with Gasteiger partial charge in [-0.15, -0.1) is 12.4 Å². The third-order valence-corrected chi connectivity index (χ3v) is 4.26. The number of hydrogen-bond acceptors (Lipinski definition) is 6. The molecule has 0 radical (unpaired) electrons. The first-order valence-electron chi connectivity index (χ1n) is 7.90. The minimum Gasteiger partial charge on any atom is -0.396 e. The van der Waals surface area contributed by atoms with E-state index in [9.17, 15) is 15.3 Å². The summed E-state index contributed by atoms with van der Waals surface area (Å²) < 4.78 is 0. The first kappa shape index (κ1) is 23.3. The minimum atomic E-state index is -1.20. The molecule has 0 heterocycles. The lowest BCUT2D eigenvalue weighted by Gasteiger charge is -2.37. The molecule has 24 heavy (non-hydrogen) atoms. The molecule has 0 amide bonds. The Kier molecular flexibility index (Phi) is 9.99. The van der Waals surface area contributed by atoms with E-state index in [1.165, 1.54) is 0 Å². The van der Waals surface area contributed by atoms with Gasteiger partial charge in [0.15, 0.2) is 0 Å². The van der Waals surface area contributed by atoms with Crippen molar-refractivity contribution < 1.29 is 20.4 Å². The molecule has 0 aliphatic heterocycles. The number of benzene rings is 1. The van der Waals surface area contributed by atoms with Crippen LogP contribution in [0.3, 0.4) is 0 Å². The third-order valence-electron chi connectivity index (χ3n) is 4.26. The van der Waals surface area contributed by atoms with E-state index < -0.39 is 23.3 Å². The minimum absolute atomic E-state index is 0. The Balaban J connectivity index is 0.00000529. The maximum absolute atomic E-state index is 10.3. The van der Waals surface area contributed by atoms with Crippen molar-refractivity contribution in [1.29, 1.82) is 0 Å². The highest BCUT2D eigenvalue weighted by Gasteiger charge is 2.37. The van der Waals surface area contributed by atoms with Crippen molar-refractivity contribution >= 4 is 12.4 Å². The number of nitrogens with two attached hydrogens (primary N) is 1. The molecule has 0 fully saturated rings.